The van der Waals surface area contributed by atoms with E-state index in [9.17, 15) is 4.79 Å². The average Bonchev–Trinajstić information content (AvgIpc) is 2.08. The van der Waals surface area contributed by atoms with Gasteiger partial charge in [-0.2, -0.15) is 0 Å². The molecular weight excluding hydrogens is 160 g/mol. The highest BCUT2D eigenvalue weighted by atomic mass is 16.1. The topological polar surface area (TPSA) is 17.1 Å². The summed E-state index contributed by atoms with van der Waals surface area (Å²) >= 11 is 0. The molecule has 72 valence electrons. The standard InChI is InChI=1S/C12H18O/c1-9(2)11-5-4-10(3)12(8-11)6-7-13/h4,7,11-12H,1,5-6,8H2,2-3H3. The third kappa shape index (κ3) is 2.55. The normalized spacial score (nSPS) is 28.0. The number of hydrogen-bond acceptors (Lipinski definition) is 1. The molecular formula is C12H18O. The van der Waals surface area contributed by atoms with E-state index in [1.54, 1.807) is 0 Å². The van der Waals surface area contributed by atoms with Crippen LogP contribution in [0.5, 0.6) is 0 Å². The fraction of sp³-hybridized carbons (Fsp3) is 0.583. The maximum Gasteiger partial charge on any atom is 0.120 e. The molecule has 1 aliphatic rings. The molecule has 0 aromatic rings. The van der Waals surface area contributed by atoms with Crippen molar-refractivity contribution >= 4 is 6.29 Å². The van der Waals surface area contributed by atoms with Crippen molar-refractivity contribution in [3.63, 3.8) is 0 Å². The zero-order chi connectivity index (χ0) is 9.84. The molecule has 0 aromatic heterocycles. The maximum absolute atomic E-state index is 10.4. The molecule has 0 radical (unpaired) electrons. The summed E-state index contributed by atoms with van der Waals surface area (Å²) in [6.45, 7) is 8.19. The zero-order valence-electron chi connectivity index (χ0n) is 8.55. The Kier molecular flexibility index (Phi) is 3.47. The Hall–Kier alpha value is -0.850. The number of carbonyl (C=O) groups excluding carboxylic acids is 1. The predicted octanol–water partition coefficient (Wildman–Crippen LogP) is 3.12. The number of hydrogen-bond donors (Lipinski definition) is 0. The fourth-order valence-corrected chi connectivity index (χ4v) is 1.92. The summed E-state index contributed by atoms with van der Waals surface area (Å²) in [6, 6.07) is 0. The van der Waals surface area contributed by atoms with Crippen LogP contribution in [-0.4, -0.2) is 6.29 Å². The van der Waals surface area contributed by atoms with Crippen molar-refractivity contribution in [1.82, 2.24) is 0 Å². The molecule has 1 nitrogen and oxygen atoms in total. The summed E-state index contributed by atoms with van der Waals surface area (Å²) in [5.41, 5.74) is 2.63. The Labute approximate surface area is 80.5 Å². The predicted molar refractivity (Wildman–Crippen MR) is 55.5 cm³/mol. The largest absolute Gasteiger partial charge is 0.303 e. The number of aldehydes is 1. The van der Waals surface area contributed by atoms with E-state index in [1.807, 2.05) is 0 Å². The van der Waals surface area contributed by atoms with Gasteiger partial charge in [0.25, 0.3) is 0 Å². The highest BCUT2D eigenvalue weighted by Crippen LogP contribution is 2.33. The summed E-state index contributed by atoms with van der Waals surface area (Å²) in [7, 11) is 0. The molecule has 13 heavy (non-hydrogen) atoms. The third-order valence-electron chi connectivity index (χ3n) is 3.01. The van der Waals surface area contributed by atoms with Crippen LogP contribution in [0.4, 0.5) is 0 Å². The Balaban J connectivity index is 2.65. The van der Waals surface area contributed by atoms with E-state index in [-0.39, 0.29) is 0 Å². The van der Waals surface area contributed by atoms with E-state index in [4.69, 9.17) is 0 Å². The summed E-state index contributed by atoms with van der Waals surface area (Å²) in [4.78, 5) is 10.4. The number of allylic oxidation sites excluding steroid dienone is 3. The fourth-order valence-electron chi connectivity index (χ4n) is 1.92. The quantitative estimate of drug-likeness (QED) is 0.479. The van der Waals surface area contributed by atoms with Gasteiger partial charge in [0, 0.05) is 6.42 Å². The highest BCUT2D eigenvalue weighted by Gasteiger charge is 2.21. The molecule has 0 saturated heterocycles. The Morgan fingerprint density at radius 1 is 1.77 bits per heavy atom. The van der Waals surface area contributed by atoms with E-state index >= 15 is 0 Å². The lowest BCUT2D eigenvalue weighted by Gasteiger charge is -2.27. The molecule has 0 heterocycles. The first kappa shape index (κ1) is 10.2. The molecule has 0 aliphatic heterocycles. The zero-order valence-corrected chi connectivity index (χ0v) is 8.55. The van der Waals surface area contributed by atoms with Gasteiger partial charge in [-0.1, -0.05) is 23.8 Å². The van der Waals surface area contributed by atoms with Gasteiger partial charge in [-0.05, 0) is 38.5 Å². The SMILES string of the molecule is C=C(C)C1CC=C(C)C(CC=O)C1. The third-order valence-corrected chi connectivity index (χ3v) is 3.01. The minimum absolute atomic E-state index is 0.466. The average molecular weight is 178 g/mol. The van der Waals surface area contributed by atoms with Crippen LogP contribution in [0.2, 0.25) is 0 Å². The van der Waals surface area contributed by atoms with Gasteiger partial charge in [0.05, 0.1) is 0 Å². The van der Waals surface area contributed by atoms with Gasteiger partial charge >= 0.3 is 0 Å². The van der Waals surface area contributed by atoms with E-state index in [0.717, 1.165) is 19.1 Å². The Morgan fingerprint density at radius 2 is 2.46 bits per heavy atom. The van der Waals surface area contributed by atoms with Crippen LogP contribution in [0.3, 0.4) is 0 Å². The minimum Gasteiger partial charge on any atom is -0.303 e. The summed E-state index contributed by atoms with van der Waals surface area (Å²) in [5.74, 6) is 1.06. The van der Waals surface area contributed by atoms with E-state index in [1.165, 1.54) is 11.1 Å². The minimum atomic E-state index is 0.466. The second-order valence-corrected chi connectivity index (χ2v) is 4.06. The molecule has 1 rings (SSSR count). The van der Waals surface area contributed by atoms with Crippen molar-refractivity contribution in [2.45, 2.75) is 33.1 Å². The van der Waals surface area contributed by atoms with Gasteiger partial charge in [-0.15, -0.1) is 0 Å². The molecule has 0 aromatic carbocycles. The molecule has 2 atom stereocenters. The molecule has 0 fully saturated rings. The number of rotatable bonds is 3. The monoisotopic (exact) mass is 178 g/mol. The van der Waals surface area contributed by atoms with E-state index < -0.39 is 0 Å². The maximum atomic E-state index is 10.4. The van der Waals surface area contributed by atoms with Gasteiger partial charge in [-0.25, -0.2) is 0 Å². The Morgan fingerprint density at radius 3 is 3.00 bits per heavy atom. The summed E-state index contributed by atoms with van der Waals surface area (Å²) in [6.07, 6.45) is 6.18. The smallest absolute Gasteiger partial charge is 0.120 e. The van der Waals surface area contributed by atoms with Crippen molar-refractivity contribution < 1.29 is 4.79 Å². The first-order valence-electron chi connectivity index (χ1n) is 4.90. The summed E-state index contributed by atoms with van der Waals surface area (Å²) in [5, 5.41) is 0. The van der Waals surface area contributed by atoms with E-state index in [0.29, 0.717) is 18.3 Å². The van der Waals surface area contributed by atoms with Crippen LogP contribution in [-0.2, 0) is 4.79 Å². The van der Waals surface area contributed by atoms with Gasteiger partial charge in [-0.3, -0.25) is 0 Å². The van der Waals surface area contributed by atoms with Crippen molar-refractivity contribution in [1.29, 1.82) is 0 Å². The van der Waals surface area contributed by atoms with Crippen LogP contribution < -0.4 is 0 Å². The molecule has 0 amide bonds. The van der Waals surface area contributed by atoms with Crippen molar-refractivity contribution in [2.75, 3.05) is 0 Å². The Bertz CT molecular complexity index is 238. The molecule has 0 saturated carbocycles. The molecule has 1 aliphatic carbocycles. The van der Waals surface area contributed by atoms with Crippen LogP contribution in [0.15, 0.2) is 23.8 Å². The lowest BCUT2D eigenvalue weighted by molar-refractivity contribution is -0.108. The van der Waals surface area contributed by atoms with Gasteiger partial charge in [0.15, 0.2) is 0 Å². The van der Waals surface area contributed by atoms with Gasteiger partial charge in [0.1, 0.15) is 6.29 Å². The molecule has 2 unspecified atom stereocenters. The molecule has 0 N–H and O–H groups in total. The van der Waals surface area contributed by atoms with Crippen LogP contribution >= 0.6 is 0 Å². The first-order valence-corrected chi connectivity index (χ1v) is 4.90. The summed E-state index contributed by atoms with van der Waals surface area (Å²) < 4.78 is 0. The van der Waals surface area contributed by atoms with Crippen LogP contribution in [0.1, 0.15) is 33.1 Å². The first-order chi connectivity index (χ1) is 6.15. The highest BCUT2D eigenvalue weighted by molar-refractivity contribution is 5.51. The number of carbonyl (C=O) groups is 1. The van der Waals surface area contributed by atoms with Crippen molar-refractivity contribution in [3.8, 4) is 0 Å². The van der Waals surface area contributed by atoms with Crippen molar-refractivity contribution in [2.24, 2.45) is 11.8 Å². The lowest BCUT2D eigenvalue weighted by atomic mass is 9.78. The molecule has 1 heteroatoms. The van der Waals surface area contributed by atoms with E-state index in [2.05, 4.69) is 26.5 Å². The molecule has 0 bridgehead atoms. The van der Waals surface area contributed by atoms with Crippen LogP contribution in [0, 0.1) is 11.8 Å². The second-order valence-electron chi connectivity index (χ2n) is 4.06. The van der Waals surface area contributed by atoms with Crippen molar-refractivity contribution in [3.05, 3.63) is 23.8 Å². The van der Waals surface area contributed by atoms with Crippen LogP contribution in [0.25, 0.3) is 0 Å². The molecule has 0 spiro atoms. The van der Waals surface area contributed by atoms with Gasteiger partial charge in [0.2, 0.25) is 0 Å². The lowest BCUT2D eigenvalue weighted by Crippen LogP contribution is -2.15. The second kappa shape index (κ2) is 4.40. The van der Waals surface area contributed by atoms with Gasteiger partial charge < -0.3 is 4.79 Å².